The Balaban J connectivity index is 1.53. The SMILES string of the molecule is Cc1cc(NC(=O)c2ccco2)sc1C(=O)OCC(=O)NC(C)c1ccc(Br)cc1. The lowest BCUT2D eigenvalue weighted by molar-refractivity contribution is -0.124. The average Bonchev–Trinajstić information content (AvgIpc) is 3.36. The molecule has 0 saturated carbocycles. The topological polar surface area (TPSA) is 97.6 Å². The largest absolute Gasteiger partial charge is 0.459 e. The van der Waals surface area contributed by atoms with Gasteiger partial charge in [0.2, 0.25) is 0 Å². The van der Waals surface area contributed by atoms with Gasteiger partial charge in [-0.25, -0.2) is 4.79 Å². The minimum atomic E-state index is -0.623. The van der Waals surface area contributed by atoms with Crippen molar-refractivity contribution in [1.82, 2.24) is 5.32 Å². The van der Waals surface area contributed by atoms with Gasteiger partial charge in [-0.2, -0.15) is 0 Å². The molecule has 156 valence electrons. The Labute approximate surface area is 185 Å². The number of carbonyl (C=O) groups is 3. The fourth-order valence-electron chi connectivity index (χ4n) is 2.64. The fraction of sp³-hybridized carbons (Fsp3) is 0.190. The number of halogens is 1. The quantitative estimate of drug-likeness (QED) is 0.467. The molecule has 3 rings (SSSR count). The molecular formula is C21H19BrN2O5S. The number of benzene rings is 1. The molecule has 2 heterocycles. The summed E-state index contributed by atoms with van der Waals surface area (Å²) in [4.78, 5) is 36.9. The molecule has 2 aromatic heterocycles. The Kier molecular flexibility index (Phi) is 7.07. The molecule has 0 aliphatic rings. The van der Waals surface area contributed by atoms with Crippen LogP contribution in [0.15, 0.2) is 57.6 Å². The van der Waals surface area contributed by atoms with Crippen molar-refractivity contribution >= 4 is 50.1 Å². The summed E-state index contributed by atoms with van der Waals surface area (Å²) in [6.45, 7) is 3.18. The van der Waals surface area contributed by atoms with Crippen molar-refractivity contribution in [2.24, 2.45) is 0 Å². The summed E-state index contributed by atoms with van der Waals surface area (Å²) in [5.41, 5.74) is 1.58. The smallest absolute Gasteiger partial charge is 0.349 e. The van der Waals surface area contributed by atoms with Crippen LogP contribution in [0.1, 0.15) is 44.3 Å². The molecule has 0 aliphatic heterocycles. The van der Waals surface area contributed by atoms with E-state index >= 15 is 0 Å². The molecule has 3 aromatic rings. The molecule has 0 bridgehead atoms. The Morgan fingerprint density at radius 3 is 2.60 bits per heavy atom. The molecule has 7 nitrogen and oxygen atoms in total. The number of aryl methyl sites for hydroxylation is 1. The van der Waals surface area contributed by atoms with Gasteiger partial charge in [0.25, 0.3) is 11.8 Å². The van der Waals surface area contributed by atoms with Gasteiger partial charge in [0.1, 0.15) is 4.88 Å². The predicted molar refractivity (Wildman–Crippen MR) is 117 cm³/mol. The van der Waals surface area contributed by atoms with E-state index in [9.17, 15) is 14.4 Å². The molecular weight excluding hydrogens is 472 g/mol. The van der Waals surface area contributed by atoms with Gasteiger partial charge in [-0.3, -0.25) is 9.59 Å². The van der Waals surface area contributed by atoms with E-state index < -0.39 is 24.4 Å². The highest BCUT2D eigenvalue weighted by Crippen LogP contribution is 2.28. The van der Waals surface area contributed by atoms with E-state index in [2.05, 4.69) is 26.6 Å². The summed E-state index contributed by atoms with van der Waals surface area (Å²) in [6, 6.07) is 12.2. The average molecular weight is 491 g/mol. The molecule has 0 spiro atoms. The van der Waals surface area contributed by atoms with Crippen LogP contribution >= 0.6 is 27.3 Å². The zero-order chi connectivity index (χ0) is 21.7. The predicted octanol–water partition coefficient (Wildman–Crippen LogP) is 4.70. The van der Waals surface area contributed by atoms with Crippen molar-refractivity contribution in [3.05, 3.63) is 75.0 Å². The summed E-state index contributed by atoms with van der Waals surface area (Å²) in [5.74, 6) is -1.27. The molecule has 0 radical (unpaired) electrons. The van der Waals surface area contributed by atoms with Gasteiger partial charge in [-0.15, -0.1) is 11.3 Å². The number of ether oxygens (including phenoxy) is 1. The number of esters is 1. The van der Waals surface area contributed by atoms with Gasteiger partial charge >= 0.3 is 5.97 Å². The highest BCUT2D eigenvalue weighted by molar-refractivity contribution is 9.10. The van der Waals surface area contributed by atoms with Crippen LogP contribution in [0.3, 0.4) is 0 Å². The van der Waals surface area contributed by atoms with Crippen LogP contribution in [-0.4, -0.2) is 24.4 Å². The van der Waals surface area contributed by atoms with Crippen molar-refractivity contribution in [2.45, 2.75) is 19.9 Å². The van der Waals surface area contributed by atoms with Crippen molar-refractivity contribution in [2.75, 3.05) is 11.9 Å². The number of hydrogen-bond donors (Lipinski definition) is 2. The lowest BCUT2D eigenvalue weighted by atomic mass is 10.1. The Morgan fingerprint density at radius 1 is 1.20 bits per heavy atom. The van der Waals surface area contributed by atoms with Crippen LogP contribution in [0.2, 0.25) is 0 Å². The Hall–Kier alpha value is -2.91. The van der Waals surface area contributed by atoms with Crippen LogP contribution in [0.5, 0.6) is 0 Å². The van der Waals surface area contributed by atoms with Crippen LogP contribution in [0.4, 0.5) is 5.00 Å². The summed E-state index contributed by atoms with van der Waals surface area (Å²) in [5, 5.41) is 5.94. The number of hydrogen-bond acceptors (Lipinski definition) is 6. The van der Waals surface area contributed by atoms with Crippen molar-refractivity contribution in [1.29, 1.82) is 0 Å². The highest BCUT2D eigenvalue weighted by atomic mass is 79.9. The minimum Gasteiger partial charge on any atom is -0.459 e. The highest BCUT2D eigenvalue weighted by Gasteiger charge is 2.19. The number of furan rings is 1. The van der Waals surface area contributed by atoms with Crippen molar-refractivity contribution in [3.63, 3.8) is 0 Å². The van der Waals surface area contributed by atoms with E-state index in [1.807, 2.05) is 31.2 Å². The van der Waals surface area contributed by atoms with Crippen molar-refractivity contribution < 1.29 is 23.5 Å². The number of carbonyl (C=O) groups excluding carboxylic acids is 3. The third-order valence-electron chi connectivity index (χ3n) is 4.17. The Bertz CT molecular complexity index is 1040. The first-order valence-electron chi connectivity index (χ1n) is 9.00. The van der Waals surface area contributed by atoms with Crippen LogP contribution in [-0.2, 0) is 9.53 Å². The van der Waals surface area contributed by atoms with E-state index in [0.29, 0.717) is 15.4 Å². The fourth-order valence-corrected chi connectivity index (χ4v) is 3.87. The molecule has 2 N–H and O–H groups in total. The van der Waals surface area contributed by atoms with Gasteiger partial charge in [0.15, 0.2) is 12.4 Å². The molecule has 0 aliphatic carbocycles. The first-order chi connectivity index (χ1) is 14.3. The zero-order valence-electron chi connectivity index (χ0n) is 16.2. The molecule has 30 heavy (non-hydrogen) atoms. The standard InChI is InChI=1S/C21H19BrN2O5S/c1-12-10-18(24-20(26)16-4-3-9-28-16)30-19(12)21(27)29-11-17(25)23-13(2)14-5-7-15(22)8-6-14/h3-10,13H,11H2,1-2H3,(H,23,25)(H,24,26). The Morgan fingerprint density at radius 2 is 1.93 bits per heavy atom. The number of amides is 2. The van der Waals surface area contributed by atoms with Gasteiger partial charge in [0.05, 0.1) is 17.3 Å². The zero-order valence-corrected chi connectivity index (χ0v) is 18.6. The van der Waals surface area contributed by atoms with E-state index in [-0.39, 0.29) is 11.8 Å². The molecule has 0 saturated heterocycles. The molecule has 0 fully saturated rings. The monoisotopic (exact) mass is 490 g/mol. The summed E-state index contributed by atoms with van der Waals surface area (Å²) >= 11 is 4.44. The maximum Gasteiger partial charge on any atom is 0.349 e. The maximum absolute atomic E-state index is 12.4. The summed E-state index contributed by atoms with van der Waals surface area (Å²) in [7, 11) is 0. The maximum atomic E-state index is 12.4. The second-order valence-corrected chi connectivity index (χ2v) is 8.44. The van der Waals surface area contributed by atoms with Gasteiger partial charge in [0, 0.05) is 4.47 Å². The van der Waals surface area contributed by atoms with Gasteiger partial charge < -0.3 is 19.8 Å². The van der Waals surface area contributed by atoms with E-state index in [4.69, 9.17) is 9.15 Å². The molecule has 9 heteroatoms. The second-order valence-electron chi connectivity index (χ2n) is 6.47. The number of nitrogens with one attached hydrogen (secondary N) is 2. The lowest BCUT2D eigenvalue weighted by Crippen LogP contribution is -2.31. The number of anilines is 1. The molecule has 1 unspecified atom stereocenters. The third-order valence-corrected chi connectivity index (χ3v) is 5.83. The third kappa shape index (κ3) is 5.58. The first kappa shape index (κ1) is 21.8. The minimum absolute atomic E-state index is 0.168. The normalized spacial score (nSPS) is 11.6. The molecule has 2 amide bonds. The van der Waals surface area contributed by atoms with E-state index in [1.54, 1.807) is 25.1 Å². The second kappa shape index (κ2) is 9.73. The van der Waals surface area contributed by atoms with Crippen LogP contribution in [0.25, 0.3) is 0 Å². The van der Waals surface area contributed by atoms with Crippen molar-refractivity contribution in [3.8, 4) is 0 Å². The molecule has 1 atom stereocenters. The summed E-state index contributed by atoms with van der Waals surface area (Å²) in [6.07, 6.45) is 1.40. The first-order valence-corrected chi connectivity index (χ1v) is 10.6. The summed E-state index contributed by atoms with van der Waals surface area (Å²) < 4.78 is 11.1. The molecule has 1 aromatic carbocycles. The number of rotatable bonds is 7. The van der Waals surface area contributed by atoms with Gasteiger partial charge in [-0.1, -0.05) is 28.1 Å². The van der Waals surface area contributed by atoms with E-state index in [0.717, 1.165) is 21.4 Å². The lowest BCUT2D eigenvalue weighted by Gasteiger charge is -2.14. The number of thiophene rings is 1. The van der Waals surface area contributed by atoms with E-state index in [1.165, 1.54) is 6.26 Å². The van der Waals surface area contributed by atoms with Crippen LogP contribution in [0, 0.1) is 6.92 Å². The van der Waals surface area contributed by atoms with Gasteiger partial charge in [-0.05, 0) is 55.3 Å². The van der Waals surface area contributed by atoms with Crippen LogP contribution < -0.4 is 10.6 Å².